The van der Waals surface area contributed by atoms with Gasteiger partial charge in [-0.15, -0.1) is 0 Å². The number of aromatic hydroxyl groups is 1. The molecule has 0 unspecified atom stereocenters. The molecule has 0 amide bonds. The van der Waals surface area contributed by atoms with Crippen molar-refractivity contribution in [3.05, 3.63) is 42.0 Å². The summed E-state index contributed by atoms with van der Waals surface area (Å²) in [6.45, 7) is 16.7. The number of fused-ring (bicyclic) bond motifs is 5. The van der Waals surface area contributed by atoms with Crippen molar-refractivity contribution in [2.75, 3.05) is 7.11 Å². The second-order valence-electron chi connectivity index (χ2n) is 15.3. The van der Waals surface area contributed by atoms with Crippen molar-refractivity contribution >= 4 is 12.0 Å². The van der Waals surface area contributed by atoms with Crippen LogP contribution in [0.4, 0.5) is 0 Å². The number of allylic oxidation sites excluding steroid dienone is 1. The van der Waals surface area contributed by atoms with Crippen LogP contribution >= 0.6 is 0 Å². The molecule has 4 aliphatic carbocycles. The summed E-state index contributed by atoms with van der Waals surface area (Å²) in [6, 6.07) is 5.06. The van der Waals surface area contributed by atoms with Gasteiger partial charge in [-0.3, -0.25) is 0 Å². The lowest BCUT2D eigenvalue weighted by Crippen LogP contribution is -2.54. The van der Waals surface area contributed by atoms with E-state index in [9.17, 15) is 9.90 Å². The van der Waals surface area contributed by atoms with E-state index in [2.05, 4.69) is 41.2 Å². The number of carbonyl (C=O) groups is 1. The quantitative estimate of drug-likeness (QED) is 0.181. The Balaban J connectivity index is 1.18. The Morgan fingerprint density at radius 2 is 1.79 bits per heavy atom. The second kappa shape index (κ2) is 12.4. The molecule has 0 aliphatic heterocycles. The molecule has 4 fully saturated rings. The van der Waals surface area contributed by atoms with Gasteiger partial charge in [0.25, 0.3) is 0 Å². The molecule has 0 saturated heterocycles. The van der Waals surface area contributed by atoms with Gasteiger partial charge in [0.15, 0.2) is 11.5 Å². The molecule has 1 aromatic rings. The van der Waals surface area contributed by atoms with E-state index in [1.54, 1.807) is 24.3 Å². The van der Waals surface area contributed by atoms with E-state index in [4.69, 9.17) is 9.47 Å². The highest BCUT2D eigenvalue weighted by Crippen LogP contribution is 2.68. The van der Waals surface area contributed by atoms with E-state index >= 15 is 0 Å². The third-order valence-electron chi connectivity index (χ3n) is 13.0. The molecular weight excluding hydrogens is 520 g/mol. The maximum Gasteiger partial charge on any atom is 0.331 e. The normalized spacial score (nSPS) is 36.6. The fraction of sp³-hybridized carbons (Fsp3) is 0.711. The Bertz CT molecular complexity index is 1170. The molecule has 0 spiro atoms. The van der Waals surface area contributed by atoms with Crippen LogP contribution < -0.4 is 4.74 Å². The van der Waals surface area contributed by atoms with Gasteiger partial charge in [0.2, 0.25) is 0 Å². The summed E-state index contributed by atoms with van der Waals surface area (Å²) in [6.07, 6.45) is 17.2. The fourth-order valence-corrected chi connectivity index (χ4v) is 10.4. The van der Waals surface area contributed by atoms with Gasteiger partial charge in [0.1, 0.15) is 6.10 Å². The number of carbonyl (C=O) groups excluding carboxylic acids is 1. The van der Waals surface area contributed by atoms with Crippen molar-refractivity contribution < 1.29 is 19.4 Å². The first-order chi connectivity index (χ1) is 20.0. The number of ether oxygens (including phenoxy) is 2. The van der Waals surface area contributed by atoms with Crippen molar-refractivity contribution in [1.29, 1.82) is 0 Å². The zero-order valence-corrected chi connectivity index (χ0v) is 27.2. The van der Waals surface area contributed by atoms with Crippen LogP contribution in [0.15, 0.2) is 36.4 Å². The van der Waals surface area contributed by atoms with Gasteiger partial charge in [0.05, 0.1) is 7.11 Å². The number of phenols is 1. The molecule has 4 aliphatic rings. The first-order valence-corrected chi connectivity index (χ1v) is 16.9. The number of benzene rings is 1. The Kier molecular flexibility index (Phi) is 9.22. The van der Waals surface area contributed by atoms with Crippen LogP contribution in [0, 0.1) is 52.3 Å². The predicted molar refractivity (Wildman–Crippen MR) is 171 cm³/mol. The number of hydrogen-bond acceptors (Lipinski definition) is 4. The van der Waals surface area contributed by atoms with Crippen LogP contribution in [0.25, 0.3) is 6.08 Å². The smallest absolute Gasteiger partial charge is 0.331 e. The predicted octanol–water partition coefficient (Wildman–Crippen LogP) is 9.61. The fourth-order valence-electron chi connectivity index (χ4n) is 10.4. The summed E-state index contributed by atoms with van der Waals surface area (Å²) in [5.74, 6) is 5.68. The van der Waals surface area contributed by atoms with Crippen LogP contribution in [0.3, 0.4) is 0 Å². The minimum absolute atomic E-state index is 0.0114. The van der Waals surface area contributed by atoms with E-state index in [1.165, 1.54) is 76.5 Å². The molecule has 0 radical (unpaired) electrons. The van der Waals surface area contributed by atoms with Gasteiger partial charge < -0.3 is 14.6 Å². The third kappa shape index (κ3) is 5.93. The summed E-state index contributed by atoms with van der Waals surface area (Å²) in [5.41, 5.74) is 3.10. The maximum absolute atomic E-state index is 12.7. The van der Waals surface area contributed by atoms with Crippen LogP contribution in [-0.4, -0.2) is 24.3 Å². The first-order valence-electron chi connectivity index (χ1n) is 16.9. The highest BCUT2D eigenvalue weighted by atomic mass is 16.5. The van der Waals surface area contributed by atoms with Gasteiger partial charge in [-0.25, -0.2) is 4.79 Å². The lowest BCUT2D eigenvalue weighted by Gasteiger charge is -2.61. The van der Waals surface area contributed by atoms with Gasteiger partial charge in [-0.1, -0.05) is 52.8 Å². The molecule has 9 atom stereocenters. The number of phenolic OH excluding ortho intramolecular Hbond substituents is 1. The van der Waals surface area contributed by atoms with E-state index in [-0.39, 0.29) is 17.8 Å². The largest absolute Gasteiger partial charge is 0.504 e. The summed E-state index contributed by atoms with van der Waals surface area (Å²) >= 11 is 0. The number of methoxy groups -OCH3 is 1. The molecule has 1 aromatic carbocycles. The Morgan fingerprint density at radius 3 is 2.52 bits per heavy atom. The number of esters is 1. The summed E-state index contributed by atoms with van der Waals surface area (Å²) in [4.78, 5) is 12.7. The maximum atomic E-state index is 12.7. The molecule has 1 N–H and O–H groups in total. The highest BCUT2D eigenvalue weighted by Gasteiger charge is 2.60. The van der Waals surface area contributed by atoms with Crippen molar-refractivity contribution in [3.8, 4) is 11.5 Å². The zero-order chi connectivity index (χ0) is 30.2. The van der Waals surface area contributed by atoms with Gasteiger partial charge in [-0.05, 0) is 147 Å². The van der Waals surface area contributed by atoms with Crippen LogP contribution in [0.5, 0.6) is 11.5 Å². The minimum Gasteiger partial charge on any atom is -0.504 e. The molecule has 0 heterocycles. The van der Waals surface area contributed by atoms with E-state index in [0.717, 1.165) is 48.0 Å². The average molecular weight is 577 g/mol. The second-order valence-corrected chi connectivity index (χ2v) is 15.3. The van der Waals surface area contributed by atoms with Crippen molar-refractivity contribution in [1.82, 2.24) is 0 Å². The Morgan fingerprint density at radius 1 is 1.05 bits per heavy atom. The van der Waals surface area contributed by atoms with Crippen molar-refractivity contribution in [2.45, 2.75) is 111 Å². The third-order valence-corrected chi connectivity index (χ3v) is 13.0. The molecule has 42 heavy (non-hydrogen) atoms. The Labute approximate surface area is 255 Å². The number of hydrogen-bond donors (Lipinski definition) is 1. The van der Waals surface area contributed by atoms with Gasteiger partial charge in [0, 0.05) is 6.08 Å². The van der Waals surface area contributed by atoms with Crippen LogP contribution in [-0.2, 0) is 9.53 Å². The van der Waals surface area contributed by atoms with Crippen LogP contribution in [0.2, 0.25) is 0 Å². The SMILES string of the molecule is C=C(CC[C@@H](C)[C@H]1CC[C@H]2[C@@H]3CC[C@H]4C[C@@H](OC(=O)/C=C/c5ccc(O)c(OC)c5)CC[C@]4(C)[C@H]3CC[C@]12C)C(C)C. The summed E-state index contributed by atoms with van der Waals surface area (Å²) in [7, 11) is 1.52. The van der Waals surface area contributed by atoms with E-state index < -0.39 is 0 Å². The van der Waals surface area contributed by atoms with Crippen molar-refractivity contribution in [2.24, 2.45) is 52.3 Å². The average Bonchev–Trinajstić information content (AvgIpc) is 3.32. The molecule has 4 heteroatoms. The minimum atomic E-state index is -0.277. The number of rotatable bonds is 9. The van der Waals surface area contributed by atoms with Gasteiger partial charge >= 0.3 is 5.97 Å². The molecule has 232 valence electrons. The van der Waals surface area contributed by atoms with Gasteiger partial charge in [-0.2, -0.15) is 0 Å². The topological polar surface area (TPSA) is 55.8 Å². The first kappa shape index (κ1) is 31.2. The van der Waals surface area contributed by atoms with E-state index in [1.807, 2.05) is 0 Å². The molecule has 0 aromatic heterocycles. The highest BCUT2D eigenvalue weighted by molar-refractivity contribution is 5.87. The lowest BCUT2D eigenvalue weighted by atomic mass is 9.44. The molecule has 0 bridgehead atoms. The Hall–Kier alpha value is -2.23. The van der Waals surface area contributed by atoms with E-state index in [0.29, 0.717) is 28.4 Å². The molecule has 4 nitrogen and oxygen atoms in total. The molecular formula is C38H56O4. The standard InChI is InChI=1S/C38H56O4/c1-24(2)25(3)8-9-26(4)31-14-15-32-30-13-12-28-23-29(18-20-37(28,5)33(30)19-21-38(31,32)6)42-36(40)17-11-27-10-16-34(39)35(22-27)41-7/h10-11,16-17,22,24,26,28-33,39H,3,8-9,12-15,18-21,23H2,1-2,4-7H3/b17-11+/t26-,28+,29+,30+,31-,32+,33+,37+,38-/m1/s1. The molecule has 4 saturated carbocycles. The van der Waals surface area contributed by atoms with Crippen LogP contribution in [0.1, 0.15) is 111 Å². The monoisotopic (exact) mass is 576 g/mol. The zero-order valence-electron chi connectivity index (χ0n) is 27.2. The van der Waals surface area contributed by atoms with Crippen molar-refractivity contribution in [3.63, 3.8) is 0 Å². The summed E-state index contributed by atoms with van der Waals surface area (Å²) in [5, 5.41) is 9.82. The molecule has 5 rings (SSSR count). The summed E-state index contributed by atoms with van der Waals surface area (Å²) < 4.78 is 11.2. The lowest BCUT2D eigenvalue weighted by molar-refractivity contribution is -0.157.